The van der Waals surface area contributed by atoms with Gasteiger partial charge in [-0.15, -0.1) is 5.10 Å². The average Bonchev–Trinajstić information content (AvgIpc) is 2.60. The van der Waals surface area contributed by atoms with E-state index in [4.69, 9.17) is 0 Å². The number of fused-ring (bicyclic) bond motifs is 1. The molecular weight excluding hydrogens is 272 g/mol. The molecule has 0 aliphatic carbocycles. The molecule has 0 spiro atoms. The number of halogens is 1. The van der Waals surface area contributed by atoms with Gasteiger partial charge in [0.15, 0.2) is 0 Å². The molecule has 0 fully saturated rings. The van der Waals surface area contributed by atoms with Gasteiger partial charge in [-0.1, -0.05) is 22.0 Å². The Kier molecular flexibility index (Phi) is 2.91. The first-order chi connectivity index (χ1) is 7.58. The third-order valence-electron chi connectivity index (χ3n) is 2.18. The second-order valence-corrected chi connectivity index (χ2v) is 4.96. The Bertz CT molecular complexity index is 535. The topological polar surface area (TPSA) is 59.8 Å². The number of carbonyl (C=O) groups excluding carboxylic acids is 1. The molecule has 0 saturated carbocycles. The molecule has 5 nitrogen and oxygen atoms in total. The van der Waals surface area contributed by atoms with Crippen LogP contribution in [0.2, 0.25) is 0 Å². The lowest BCUT2D eigenvalue weighted by molar-refractivity contribution is -0.116. The first-order valence-electron chi connectivity index (χ1n) is 4.85. The minimum Gasteiger partial charge on any atom is -0.272 e. The van der Waals surface area contributed by atoms with Crippen molar-refractivity contribution in [2.24, 2.45) is 0 Å². The Hall–Kier alpha value is -1.43. The van der Waals surface area contributed by atoms with Gasteiger partial charge in [0.05, 0.1) is 4.83 Å². The van der Waals surface area contributed by atoms with Crippen LogP contribution in [0.15, 0.2) is 18.2 Å². The first-order valence-corrected chi connectivity index (χ1v) is 5.76. The highest BCUT2D eigenvalue weighted by atomic mass is 79.9. The van der Waals surface area contributed by atoms with E-state index in [1.165, 1.54) is 4.79 Å². The van der Waals surface area contributed by atoms with Gasteiger partial charge in [0, 0.05) is 0 Å². The summed E-state index contributed by atoms with van der Waals surface area (Å²) in [5.74, 6) is -0.160. The summed E-state index contributed by atoms with van der Waals surface area (Å²) >= 11 is 3.19. The molecule has 84 valence electrons. The normalized spacial score (nSPS) is 12.7. The maximum Gasteiger partial charge on any atom is 0.253 e. The van der Waals surface area contributed by atoms with Crippen molar-refractivity contribution in [2.75, 3.05) is 5.43 Å². The number of rotatable bonds is 2. The van der Waals surface area contributed by atoms with E-state index in [2.05, 4.69) is 31.7 Å². The second-order valence-electron chi connectivity index (χ2n) is 3.59. The lowest BCUT2D eigenvalue weighted by Gasteiger charge is -2.06. The zero-order valence-electron chi connectivity index (χ0n) is 8.94. The van der Waals surface area contributed by atoms with Crippen molar-refractivity contribution in [3.8, 4) is 0 Å². The van der Waals surface area contributed by atoms with Crippen LogP contribution in [-0.2, 0) is 4.79 Å². The Morgan fingerprint density at radius 2 is 2.31 bits per heavy atom. The standard InChI is InChI=1S/C10H11BrN4O/c1-6-3-4-9-8(5-6)12-14-15(9)13-10(16)7(2)11/h3-5,7H,1-2H3,(H,13,16). The summed E-state index contributed by atoms with van der Waals surface area (Å²) in [5.41, 5.74) is 5.30. The van der Waals surface area contributed by atoms with Crippen molar-refractivity contribution >= 4 is 32.9 Å². The lowest BCUT2D eigenvalue weighted by Crippen LogP contribution is -2.29. The summed E-state index contributed by atoms with van der Waals surface area (Å²) in [6, 6.07) is 5.75. The molecule has 0 radical (unpaired) electrons. The molecule has 0 saturated heterocycles. The number of hydrogen-bond donors (Lipinski definition) is 1. The van der Waals surface area contributed by atoms with Crippen LogP contribution in [-0.4, -0.2) is 25.8 Å². The van der Waals surface area contributed by atoms with Crippen molar-refractivity contribution in [1.82, 2.24) is 15.1 Å². The van der Waals surface area contributed by atoms with Crippen LogP contribution in [0.1, 0.15) is 12.5 Å². The predicted molar refractivity (Wildman–Crippen MR) is 65.0 cm³/mol. The molecule has 1 heterocycles. The number of aromatic nitrogens is 3. The molecule has 1 atom stereocenters. The summed E-state index contributed by atoms with van der Waals surface area (Å²) in [4.78, 5) is 12.6. The summed E-state index contributed by atoms with van der Waals surface area (Å²) < 4.78 is 0. The third-order valence-corrected chi connectivity index (χ3v) is 2.59. The maximum atomic E-state index is 11.5. The molecule has 1 aromatic carbocycles. The van der Waals surface area contributed by atoms with E-state index in [0.717, 1.165) is 16.6 Å². The van der Waals surface area contributed by atoms with Crippen LogP contribution in [0.5, 0.6) is 0 Å². The van der Waals surface area contributed by atoms with Gasteiger partial charge in [-0.25, -0.2) is 5.43 Å². The molecule has 0 aliphatic heterocycles. The number of amides is 1. The van der Waals surface area contributed by atoms with Gasteiger partial charge < -0.3 is 0 Å². The molecule has 1 aromatic heterocycles. The SMILES string of the molecule is Cc1ccc2c(c1)nnn2NC(=O)C(C)Br. The van der Waals surface area contributed by atoms with Crippen LogP contribution in [0.3, 0.4) is 0 Å². The minimum atomic E-state index is -0.266. The highest BCUT2D eigenvalue weighted by molar-refractivity contribution is 9.10. The fraction of sp³-hybridized carbons (Fsp3) is 0.300. The largest absolute Gasteiger partial charge is 0.272 e. The highest BCUT2D eigenvalue weighted by Gasteiger charge is 2.11. The van der Waals surface area contributed by atoms with Gasteiger partial charge in [-0.2, -0.15) is 4.79 Å². The Labute approximate surface area is 101 Å². The van der Waals surface area contributed by atoms with E-state index < -0.39 is 0 Å². The van der Waals surface area contributed by atoms with Gasteiger partial charge in [0.25, 0.3) is 5.91 Å². The Morgan fingerprint density at radius 1 is 1.56 bits per heavy atom. The Balaban J connectivity index is 2.35. The number of hydrogen-bond acceptors (Lipinski definition) is 3. The van der Waals surface area contributed by atoms with Crippen molar-refractivity contribution in [2.45, 2.75) is 18.7 Å². The molecule has 2 aromatic rings. The van der Waals surface area contributed by atoms with E-state index in [1.54, 1.807) is 6.92 Å². The monoisotopic (exact) mass is 282 g/mol. The van der Waals surface area contributed by atoms with Gasteiger partial charge >= 0.3 is 0 Å². The summed E-state index contributed by atoms with van der Waals surface area (Å²) in [5, 5.41) is 7.85. The second kappa shape index (κ2) is 4.21. The van der Waals surface area contributed by atoms with Crippen molar-refractivity contribution in [1.29, 1.82) is 0 Å². The van der Waals surface area contributed by atoms with E-state index >= 15 is 0 Å². The van der Waals surface area contributed by atoms with Gasteiger partial charge in [0.2, 0.25) is 0 Å². The smallest absolute Gasteiger partial charge is 0.253 e. The quantitative estimate of drug-likeness (QED) is 0.851. The van der Waals surface area contributed by atoms with Gasteiger partial charge in [-0.05, 0) is 36.8 Å². The molecule has 1 N–H and O–H groups in total. The maximum absolute atomic E-state index is 11.5. The molecule has 16 heavy (non-hydrogen) atoms. The minimum absolute atomic E-state index is 0.160. The zero-order chi connectivity index (χ0) is 11.7. The van der Waals surface area contributed by atoms with E-state index in [-0.39, 0.29) is 10.7 Å². The number of nitrogens with one attached hydrogen (secondary N) is 1. The zero-order valence-corrected chi connectivity index (χ0v) is 10.5. The Morgan fingerprint density at radius 3 is 3.00 bits per heavy atom. The molecular formula is C10H11BrN4O. The van der Waals surface area contributed by atoms with Crippen molar-refractivity contribution in [3.63, 3.8) is 0 Å². The van der Waals surface area contributed by atoms with Gasteiger partial charge in [0.1, 0.15) is 11.0 Å². The van der Waals surface area contributed by atoms with Crippen LogP contribution < -0.4 is 5.43 Å². The number of alkyl halides is 1. The number of aryl methyl sites for hydroxylation is 1. The summed E-state index contributed by atoms with van der Waals surface area (Å²) in [6.45, 7) is 3.73. The molecule has 1 amide bonds. The molecule has 0 aliphatic rings. The van der Waals surface area contributed by atoms with Crippen molar-refractivity contribution in [3.05, 3.63) is 23.8 Å². The molecule has 0 bridgehead atoms. The highest BCUT2D eigenvalue weighted by Crippen LogP contribution is 2.11. The van der Waals surface area contributed by atoms with Crippen LogP contribution in [0.4, 0.5) is 0 Å². The average molecular weight is 283 g/mol. The van der Waals surface area contributed by atoms with E-state index in [1.807, 2.05) is 25.1 Å². The molecule has 2 rings (SSSR count). The van der Waals surface area contributed by atoms with Crippen molar-refractivity contribution < 1.29 is 4.79 Å². The summed E-state index contributed by atoms with van der Waals surface area (Å²) in [7, 11) is 0. The van der Waals surface area contributed by atoms with Crippen LogP contribution in [0, 0.1) is 6.92 Å². The first kappa shape index (κ1) is 11.1. The van der Waals surface area contributed by atoms with Gasteiger partial charge in [-0.3, -0.25) is 4.79 Å². The molecule has 1 unspecified atom stereocenters. The van der Waals surface area contributed by atoms with E-state index in [9.17, 15) is 4.79 Å². The third kappa shape index (κ3) is 2.06. The fourth-order valence-corrected chi connectivity index (χ4v) is 1.41. The lowest BCUT2D eigenvalue weighted by atomic mass is 10.2. The van der Waals surface area contributed by atoms with E-state index in [0.29, 0.717) is 0 Å². The molecule has 6 heteroatoms. The number of benzene rings is 1. The fourth-order valence-electron chi connectivity index (χ4n) is 1.31. The predicted octanol–water partition coefficient (Wildman–Crippen LogP) is 1.59. The van der Waals surface area contributed by atoms with Crippen LogP contribution in [0.25, 0.3) is 11.0 Å². The number of nitrogens with zero attached hydrogens (tertiary/aromatic N) is 3. The van der Waals surface area contributed by atoms with Crippen LogP contribution >= 0.6 is 15.9 Å². The number of carbonyl (C=O) groups is 1. The summed E-state index contributed by atoms with van der Waals surface area (Å²) in [6.07, 6.45) is 0.